The second-order valence-electron chi connectivity index (χ2n) is 6.50. The van der Waals surface area contributed by atoms with Crippen molar-refractivity contribution < 1.29 is 14.3 Å². The van der Waals surface area contributed by atoms with Crippen LogP contribution >= 0.6 is 0 Å². The molecule has 0 radical (unpaired) electrons. The number of likely N-dealkylation sites (tertiary alicyclic amines) is 1. The van der Waals surface area contributed by atoms with Crippen LogP contribution in [0.1, 0.15) is 29.8 Å². The van der Waals surface area contributed by atoms with Gasteiger partial charge in [-0.1, -0.05) is 0 Å². The molecule has 0 saturated carbocycles. The van der Waals surface area contributed by atoms with Crippen LogP contribution in [0.4, 0.5) is 0 Å². The number of nitrogens with zero attached hydrogens (tertiary/aromatic N) is 5. The topological polar surface area (TPSA) is 80.0 Å². The predicted molar refractivity (Wildman–Crippen MR) is 82.1 cm³/mol. The van der Waals surface area contributed by atoms with Crippen LogP contribution in [-0.4, -0.2) is 67.7 Å². The number of fused-ring (bicyclic) bond motifs is 1. The van der Waals surface area contributed by atoms with Crippen molar-refractivity contribution in [2.24, 2.45) is 0 Å². The van der Waals surface area contributed by atoms with Crippen molar-refractivity contribution >= 4 is 17.5 Å². The summed E-state index contributed by atoms with van der Waals surface area (Å²) in [4.78, 5) is 33.3. The molecule has 2 atom stereocenters. The number of hydrogen-bond acceptors (Lipinski definition) is 5. The first-order valence-electron chi connectivity index (χ1n) is 8.25. The van der Waals surface area contributed by atoms with E-state index >= 15 is 0 Å². The summed E-state index contributed by atoms with van der Waals surface area (Å²) in [6.07, 6.45) is 5.02. The largest absolute Gasteiger partial charge is 0.353 e. The molecule has 1 spiro atoms. The Morgan fingerprint density at radius 1 is 1.38 bits per heavy atom. The normalized spacial score (nSPS) is 29.2. The molecule has 3 saturated heterocycles. The van der Waals surface area contributed by atoms with Gasteiger partial charge in [0.05, 0.1) is 25.3 Å². The summed E-state index contributed by atoms with van der Waals surface area (Å²) >= 11 is 0. The van der Waals surface area contributed by atoms with E-state index in [9.17, 15) is 9.59 Å². The quantitative estimate of drug-likeness (QED) is 0.752. The molecule has 5 heterocycles. The van der Waals surface area contributed by atoms with Crippen molar-refractivity contribution in [3.8, 4) is 0 Å². The lowest BCUT2D eigenvalue weighted by atomic mass is 10.0. The second kappa shape index (κ2) is 4.76. The van der Waals surface area contributed by atoms with Gasteiger partial charge in [-0.05, 0) is 18.6 Å². The molecule has 2 aromatic rings. The van der Waals surface area contributed by atoms with E-state index in [4.69, 9.17) is 4.74 Å². The van der Waals surface area contributed by atoms with Crippen molar-refractivity contribution in [3.05, 3.63) is 30.2 Å². The summed E-state index contributed by atoms with van der Waals surface area (Å²) < 4.78 is 7.59. The van der Waals surface area contributed by atoms with E-state index in [-0.39, 0.29) is 17.9 Å². The van der Waals surface area contributed by atoms with Gasteiger partial charge in [0.25, 0.3) is 5.91 Å². The number of rotatable bonds is 1. The first-order valence-corrected chi connectivity index (χ1v) is 8.25. The lowest BCUT2D eigenvalue weighted by Gasteiger charge is -2.42. The van der Waals surface area contributed by atoms with Crippen LogP contribution in [0, 0.1) is 0 Å². The van der Waals surface area contributed by atoms with Crippen LogP contribution in [-0.2, 0) is 9.53 Å². The molecule has 8 heteroatoms. The Labute approximate surface area is 138 Å². The number of aromatic nitrogens is 3. The van der Waals surface area contributed by atoms with Crippen LogP contribution < -0.4 is 0 Å². The van der Waals surface area contributed by atoms with E-state index in [1.165, 1.54) is 0 Å². The van der Waals surface area contributed by atoms with E-state index in [1.54, 1.807) is 33.9 Å². The Hall–Kier alpha value is -2.48. The highest BCUT2D eigenvalue weighted by Gasteiger charge is 2.61. The Kier molecular flexibility index (Phi) is 2.76. The molecule has 0 N–H and O–H groups in total. The molecule has 0 unspecified atom stereocenters. The Bertz CT molecular complexity index is 849. The zero-order chi connectivity index (χ0) is 16.3. The van der Waals surface area contributed by atoms with Gasteiger partial charge in [0.1, 0.15) is 0 Å². The Morgan fingerprint density at radius 3 is 3.21 bits per heavy atom. The van der Waals surface area contributed by atoms with Crippen LogP contribution in [0.3, 0.4) is 0 Å². The predicted octanol–water partition coefficient (Wildman–Crippen LogP) is 0.293. The molecule has 24 heavy (non-hydrogen) atoms. The van der Waals surface area contributed by atoms with Crippen LogP contribution in [0.5, 0.6) is 0 Å². The molecular weight excluding hydrogens is 310 g/mol. The molecule has 124 valence electrons. The third-order valence-electron chi connectivity index (χ3n) is 5.37. The fourth-order valence-corrected chi connectivity index (χ4v) is 4.31. The van der Waals surface area contributed by atoms with Gasteiger partial charge in [0, 0.05) is 25.7 Å². The molecule has 2 amide bonds. The summed E-state index contributed by atoms with van der Waals surface area (Å²) in [5.74, 6) is -0.0691. The summed E-state index contributed by atoms with van der Waals surface area (Å²) in [6.45, 7) is 1.93. The van der Waals surface area contributed by atoms with Gasteiger partial charge in [-0.15, -0.1) is 0 Å². The fourth-order valence-electron chi connectivity index (χ4n) is 4.31. The van der Waals surface area contributed by atoms with Gasteiger partial charge < -0.3 is 14.5 Å². The van der Waals surface area contributed by atoms with E-state index in [1.807, 2.05) is 4.90 Å². The third-order valence-corrected chi connectivity index (χ3v) is 5.37. The molecule has 2 aromatic heterocycles. The van der Waals surface area contributed by atoms with E-state index in [0.717, 1.165) is 6.42 Å². The zero-order valence-electron chi connectivity index (χ0n) is 13.1. The van der Waals surface area contributed by atoms with Gasteiger partial charge in [-0.3, -0.25) is 9.59 Å². The number of amides is 2. The van der Waals surface area contributed by atoms with Crippen LogP contribution in [0.25, 0.3) is 5.65 Å². The molecule has 5 rings (SSSR count). The smallest absolute Gasteiger partial charge is 0.274 e. The lowest BCUT2D eigenvalue weighted by Crippen LogP contribution is -2.56. The molecule has 3 fully saturated rings. The van der Waals surface area contributed by atoms with Crippen LogP contribution in [0.2, 0.25) is 0 Å². The number of hydrogen-bond donors (Lipinski definition) is 0. The average Bonchev–Trinajstić information content (AvgIpc) is 3.25. The fraction of sp³-hybridized carbons (Fsp3) is 0.500. The molecule has 0 bridgehead atoms. The number of ether oxygens (including phenoxy) is 1. The van der Waals surface area contributed by atoms with E-state index in [2.05, 4.69) is 10.1 Å². The summed E-state index contributed by atoms with van der Waals surface area (Å²) in [7, 11) is 0. The van der Waals surface area contributed by atoms with Crippen LogP contribution in [0.15, 0.2) is 24.5 Å². The first-order chi connectivity index (χ1) is 11.7. The van der Waals surface area contributed by atoms with Crippen molar-refractivity contribution in [3.63, 3.8) is 0 Å². The Balaban J connectivity index is 1.52. The SMILES string of the molecule is O=C(c1cnc2cccnn12)N1CC[C@@]23OCCCN2C(=O)C[C@@H]13. The monoisotopic (exact) mass is 327 g/mol. The standard InChI is InChI=1S/C16H17N5O3/c22-14-9-12-16(20(14)6-2-8-24-16)4-7-19(12)15(23)11-10-17-13-3-1-5-18-21(11)13/h1,3,5,10,12H,2,4,6-9H2/t12-,16+/m1/s1. The number of carbonyl (C=O) groups is 2. The van der Waals surface area contributed by atoms with E-state index in [0.29, 0.717) is 43.9 Å². The second-order valence-corrected chi connectivity index (χ2v) is 6.50. The molecule has 0 aromatic carbocycles. The highest BCUT2D eigenvalue weighted by atomic mass is 16.5. The maximum absolute atomic E-state index is 13.1. The number of imidazole rings is 1. The van der Waals surface area contributed by atoms with Crippen molar-refractivity contribution in [1.29, 1.82) is 0 Å². The Morgan fingerprint density at radius 2 is 2.29 bits per heavy atom. The third kappa shape index (κ3) is 1.66. The van der Waals surface area contributed by atoms with Gasteiger partial charge >= 0.3 is 0 Å². The van der Waals surface area contributed by atoms with Gasteiger partial charge in [0.2, 0.25) is 5.91 Å². The summed E-state index contributed by atoms with van der Waals surface area (Å²) in [5.41, 5.74) is 0.427. The lowest BCUT2D eigenvalue weighted by molar-refractivity contribution is -0.179. The minimum Gasteiger partial charge on any atom is -0.353 e. The van der Waals surface area contributed by atoms with E-state index < -0.39 is 5.72 Å². The maximum atomic E-state index is 13.1. The molecule has 0 aliphatic carbocycles. The van der Waals surface area contributed by atoms with Crippen molar-refractivity contribution in [2.75, 3.05) is 19.7 Å². The molecule has 8 nitrogen and oxygen atoms in total. The highest BCUT2D eigenvalue weighted by molar-refractivity contribution is 5.95. The first kappa shape index (κ1) is 13.9. The van der Waals surface area contributed by atoms with Gasteiger partial charge in [-0.2, -0.15) is 5.10 Å². The van der Waals surface area contributed by atoms with Crippen molar-refractivity contribution in [2.45, 2.75) is 31.0 Å². The minimum atomic E-state index is -0.626. The number of carbonyl (C=O) groups excluding carboxylic acids is 2. The highest BCUT2D eigenvalue weighted by Crippen LogP contribution is 2.45. The zero-order valence-corrected chi connectivity index (χ0v) is 13.1. The van der Waals surface area contributed by atoms with Gasteiger partial charge in [-0.25, -0.2) is 9.50 Å². The van der Waals surface area contributed by atoms with Gasteiger partial charge in [0.15, 0.2) is 17.1 Å². The summed E-state index contributed by atoms with van der Waals surface area (Å²) in [5, 5.41) is 4.21. The summed E-state index contributed by atoms with van der Waals surface area (Å²) in [6, 6.07) is 3.36. The minimum absolute atomic E-state index is 0.0773. The molecule has 3 aliphatic rings. The molecule has 3 aliphatic heterocycles. The average molecular weight is 327 g/mol. The molecular formula is C16H17N5O3. The van der Waals surface area contributed by atoms with Crippen molar-refractivity contribution in [1.82, 2.24) is 24.4 Å². The maximum Gasteiger partial charge on any atom is 0.274 e.